The van der Waals surface area contributed by atoms with Crippen molar-refractivity contribution in [2.24, 2.45) is 0 Å². The van der Waals surface area contributed by atoms with Crippen LogP contribution in [0, 0.1) is 6.92 Å². The van der Waals surface area contributed by atoms with Crippen LogP contribution in [0.4, 0.5) is 21.3 Å². The quantitative estimate of drug-likeness (QED) is 0.338. The molecule has 10 heteroatoms. The van der Waals surface area contributed by atoms with Gasteiger partial charge in [0.1, 0.15) is 0 Å². The third kappa shape index (κ3) is 4.41. The number of hydrogen-bond acceptors (Lipinski definition) is 6. The van der Waals surface area contributed by atoms with E-state index in [1.165, 1.54) is 11.3 Å². The number of carbonyl (C=O) groups excluding carboxylic acids is 2. The number of halogens is 1. The van der Waals surface area contributed by atoms with Crippen LogP contribution in [0.15, 0.2) is 54.6 Å². The Labute approximate surface area is 197 Å². The number of aryl methyl sites for hydroxylation is 1. The maximum absolute atomic E-state index is 12.7. The molecule has 8 nitrogen and oxygen atoms in total. The maximum Gasteiger partial charge on any atom is 0.325 e. The Kier molecular flexibility index (Phi) is 5.49. The summed E-state index contributed by atoms with van der Waals surface area (Å²) in [5.74, 6) is 0.929. The molecule has 0 radical (unpaired) electrons. The molecular weight excluding hydrogens is 464 g/mol. The lowest BCUT2D eigenvalue weighted by Crippen LogP contribution is -2.19. The zero-order valence-corrected chi connectivity index (χ0v) is 18.8. The fourth-order valence-electron chi connectivity index (χ4n) is 3.33. The average molecular weight is 481 g/mol. The second-order valence-electron chi connectivity index (χ2n) is 7.23. The summed E-state index contributed by atoms with van der Waals surface area (Å²) in [6.07, 6.45) is 0. The highest BCUT2D eigenvalue weighted by molar-refractivity contribution is 7.22. The van der Waals surface area contributed by atoms with E-state index in [-0.39, 0.29) is 12.7 Å². The lowest BCUT2D eigenvalue weighted by Gasteiger charge is -2.10. The smallest absolute Gasteiger partial charge is 0.325 e. The van der Waals surface area contributed by atoms with Gasteiger partial charge >= 0.3 is 6.03 Å². The van der Waals surface area contributed by atoms with Crippen LogP contribution in [0.25, 0.3) is 10.2 Å². The standard InChI is InChI=1S/C23H17ClN4O4S/c1-12-3-2-4-15(24)20(12)27-21(29)13-5-7-16-19(9-13)33-23(26-16)28-22(30)25-14-6-8-17-18(10-14)32-11-31-17/h2-10H,11H2,1H3,(H,27,29)(H2,25,26,28,30). The molecule has 0 bridgehead atoms. The second kappa shape index (κ2) is 8.61. The number of benzene rings is 3. The van der Waals surface area contributed by atoms with Crippen molar-refractivity contribution in [2.45, 2.75) is 6.92 Å². The predicted molar refractivity (Wildman–Crippen MR) is 129 cm³/mol. The molecule has 4 aromatic rings. The first-order valence-electron chi connectivity index (χ1n) is 9.91. The van der Waals surface area contributed by atoms with E-state index in [1.54, 1.807) is 42.5 Å². The van der Waals surface area contributed by atoms with Gasteiger partial charge in [-0.25, -0.2) is 9.78 Å². The first kappa shape index (κ1) is 21.0. The zero-order valence-electron chi connectivity index (χ0n) is 17.3. The number of anilines is 3. The van der Waals surface area contributed by atoms with Gasteiger partial charge < -0.3 is 20.1 Å². The van der Waals surface area contributed by atoms with Gasteiger partial charge in [-0.3, -0.25) is 10.1 Å². The van der Waals surface area contributed by atoms with Gasteiger partial charge in [0.05, 0.1) is 20.9 Å². The van der Waals surface area contributed by atoms with Gasteiger partial charge in [0, 0.05) is 17.3 Å². The van der Waals surface area contributed by atoms with E-state index in [2.05, 4.69) is 20.9 Å². The Balaban J connectivity index is 1.29. The number of para-hydroxylation sites is 1. The highest BCUT2D eigenvalue weighted by Gasteiger charge is 2.16. The Morgan fingerprint density at radius 1 is 1.00 bits per heavy atom. The normalized spacial score (nSPS) is 11.9. The van der Waals surface area contributed by atoms with Crippen molar-refractivity contribution in [1.82, 2.24) is 4.98 Å². The van der Waals surface area contributed by atoms with E-state index in [9.17, 15) is 9.59 Å². The monoisotopic (exact) mass is 480 g/mol. The minimum atomic E-state index is -0.444. The SMILES string of the molecule is Cc1cccc(Cl)c1NC(=O)c1ccc2nc(NC(=O)Nc3ccc4c(c3)OCO4)sc2c1. The Morgan fingerprint density at radius 2 is 1.85 bits per heavy atom. The van der Waals surface area contributed by atoms with Gasteiger partial charge in [0.25, 0.3) is 5.91 Å². The van der Waals surface area contributed by atoms with Crippen LogP contribution in [-0.2, 0) is 0 Å². The fourth-order valence-corrected chi connectivity index (χ4v) is 4.50. The van der Waals surface area contributed by atoms with Crippen molar-refractivity contribution in [2.75, 3.05) is 22.7 Å². The summed E-state index contributed by atoms with van der Waals surface area (Å²) in [5, 5.41) is 9.19. The number of fused-ring (bicyclic) bond motifs is 2. The van der Waals surface area contributed by atoms with Gasteiger partial charge in [-0.1, -0.05) is 35.1 Å². The summed E-state index contributed by atoms with van der Waals surface area (Å²) in [4.78, 5) is 29.6. The van der Waals surface area contributed by atoms with E-state index in [0.29, 0.717) is 44.1 Å². The van der Waals surface area contributed by atoms with Crippen molar-refractivity contribution in [3.8, 4) is 11.5 Å². The molecule has 1 aromatic heterocycles. The molecule has 3 amide bonds. The molecule has 33 heavy (non-hydrogen) atoms. The highest BCUT2D eigenvalue weighted by Crippen LogP contribution is 2.34. The molecule has 1 aliphatic rings. The minimum Gasteiger partial charge on any atom is -0.454 e. The van der Waals surface area contributed by atoms with Crippen LogP contribution in [0.3, 0.4) is 0 Å². The summed E-state index contributed by atoms with van der Waals surface area (Å²) in [5.41, 5.74) is 3.14. The molecular formula is C23H17ClN4O4S. The van der Waals surface area contributed by atoms with Crippen LogP contribution in [0.1, 0.15) is 15.9 Å². The molecule has 3 aromatic carbocycles. The summed E-state index contributed by atoms with van der Waals surface area (Å²) < 4.78 is 11.3. The van der Waals surface area contributed by atoms with Gasteiger partial charge in [-0.2, -0.15) is 0 Å². The lowest BCUT2D eigenvalue weighted by atomic mass is 10.1. The third-order valence-corrected chi connectivity index (χ3v) is 6.21. The van der Waals surface area contributed by atoms with Crippen LogP contribution in [0.5, 0.6) is 11.5 Å². The number of ether oxygens (including phenoxy) is 2. The van der Waals surface area contributed by atoms with E-state index in [1.807, 2.05) is 19.1 Å². The number of aromatic nitrogens is 1. The van der Waals surface area contributed by atoms with E-state index in [0.717, 1.165) is 10.3 Å². The van der Waals surface area contributed by atoms with Crippen LogP contribution in [-0.4, -0.2) is 23.7 Å². The van der Waals surface area contributed by atoms with Crippen molar-refractivity contribution in [3.05, 3.63) is 70.7 Å². The highest BCUT2D eigenvalue weighted by atomic mass is 35.5. The van der Waals surface area contributed by atoms with Crippen LogP contribution < -0.4 is 25.4 Å². The molecule has 0 spiro atoms. The largest absolute Gasteiger partial charge is 0.454 e. The van der Waals surface area contributed by atoms with Crippen molar-refractivity contribution < 1.29 is 19.1 Å². The van der Waals surface area contributed by atoms with Gasteiger partial charge in [-0.15, -0.1) is 0 Å². The number of rotatable bonds is 4. The Hall–Kier alpha value is -3.82. The summed E-state index contributed by atoms with van der Waals surface area (Å²) in [6, 6.07) is 15.3. The molecule has 166 valence electrons. The summed E-state index contributed by atoms with van der Waals surface area (Å²) >= 11 is 7.48. The lowest BCUT2D eigenvalue weighted by molar-refractivity contribution is 0.102. The van der Waals surface area contributed by atoms with Gasteiger partial charge in [-0.05, 0) is 48.9 Å². The van der Waals surface area contributed by atoms with E-state index >= 15 is 0 Å². The molecule has 2 heterocycles. The first-order chi connectivity index (χ1) is 16.0. The van der Waals surface area contributed by atoms with E-state index in [4.69, 9.17) is 21.1 Å². The number of hydrogen-bond donors (Lipinski definition) is 3. The molecule has 0 saturated carbocycles. The number of amides is 3. The van der Waals surface area contributed by atoms with Gasteiger partial charge in [0.15, 0.2) is 16.6 Å². The number of carbonyl (C=O) groups is 2. The van der Waals surface area contributed by atoms with Crippen molar-refractivity contribution in [1.29, 1.82) is 0 Å². The Bertz CT molecular complexity index is 1380. The molecule has 1 aliphatic heterocycles. The zero-order chi connectivity index (χ0) is 22.9. The van der Waals surface area contributed by atoms with Crippen molar-refractivity contribution >= 4 is 61.6 Å². The second-order valence-corrected chi connectivity index (χ2v) is 8.67. The third-order valence-electron chi connectivity index (χ3n) is 4.96. The predicted octanol–water partition coefficient (Wildman–Crippen LogP) is 5.88. The fraction of sp³-hybridized carbons (Fsp3) is 0.0870. The molecule has 0 fully saturated rings. The van der Waals surface area contributed by atoms with Gasteiger partial charge in [0.2, 0.25) is 6.79 Å². The number of urea groups is 1. The Morgan fingerprint density at radius 3 is 2.70 bits per heavy atom. The maximum atomic E-state index is 12.7. The molecule has 3 N–H and O–H groups in total. The van der Waals surface area contributed by atoms with Crippen LogP contribution in [0.2, 0.25) is 5.02 Å². The summed E-state index contributed by atoms with van der Waals surface area (Å²) in [6.45, 7) is 2.04. The number of nitrogens with zero attached hydrogens (tertiary/aromatic N) is 1. The van der Waals surface area contributed by atoms with Crippen molar-refractivity contribution in [3.63, 3.8) is 0 Å². The average Bonchev–Trinajstić information content (AvgIpc) is 3.41. The molecule has 0 unspecified atom stereocenters. The number of thiazole rings is 1. The number of nitrogens with one attached hydrogen (secondary N) is 3. The van der Waals surface area contributed by atoms with E-state index < -0.39 is 6.03 Å². The first-order valence-corrected chi connectivity index (χ1v) is 11.1. The molecule has 0 saturated heterocycles. The molecule has 0 atom stereocenters. The van der Waals surface area contributed by atoms with Crippen LogP contribution >= 0.6 is 22.9 Å². The minimum absolute atomic E-state index is 0.161. The summed E-state index contributed by atoms with van der Waals surface area (Å²) in [7, 11) is 0. The molecule has 0 aliphatic carbocycles. The topological polar surface area (TPSA) is 102 Å². The molecule has 5 rings (SSSR count).